The first-order chi connectivity index (χ1) is 7.30. The van der Waals surface area contributed by atoms with Crippen LogP contribution in [-0.4, -0.2) is 18.0 Å². The van der Waals surface area contributed by atoms with Crippen molar-refractivity contribution in [2.24, 2.45) is 5.73 Å². The Morgan fingerprint density at radius 1 is 1.25 bits per heavy atom. The maximum absolute atomic E-state index is 11.8. The first-order valence-electron chi connectivity index (χ1n) is 4.04. The van der Waals surface area contributed by atoms with Crippen molar-refractivity contribution < 1.29 is 22.7 Å². The maximum atomic E-state index is 11.8. The zero-order chi connectivity index (χ0) is 12.3. The van der Waals surface area contributed by atoms with Crippen molar-refractivity contribution in [3.05, 3.63) is 29.8 Å². The van der Waals surface area contributed by atoms with Gasteiger partial charge in [-0.15, -0.1) is 0 Å². The van der Waals surface area contributed by atoms with Crippen molar-refractivity contribution in [2.75, 3.05) is 0 Å². The summed E-state index contributed by atoms with van der Waals surface area (Å²) >= 11 is 0. The molecule has 0 unspecified atom stereocenters. The van der Waals surface area contributed by atoms with Gasteiger partial charge in [-0.3, -0.25) is 5.41 Å². The molecule has 0 radical (unpaired) electrons. The van der Waals surface area contributed by atoms with E-state index in [1.54, 1.807) is 0 Å². The van der Waals surface area contributed by atoms with Crippen LogP contribution in [0.25, 0.3) is 0 Å². The Hall–Kier alpha value is -2.05. The monoisotopic (exact) mass is 232 g/mol. The van der Waals surface area contributed by atoms with E-state index in [4.69, 9.17) is 11.1 Å². The average Bonchev–Trinajstić information content (AvgIpc) is 2.17. The lowest BCUT2D eigenvalue weighted by molar-refractivity contribution is -0.189. The number of halogens is 3. The fourth-order valence-electron chi connectivity index (χ4n) is 0.867. The summed E-state index contributed by atoms with van der Waals surface area (Å²) in [6, 6.07) is 4.81. The Labute approximate surface area is 88.3 Å². The number of ether oxygens (including phenoxy) is 1. The molecule has 7 heteroatoms. The molecule has 86 valence electrons. The summed E-state index contributed by atoms with van der Waals surface area (Å²) < 4.78 is 39.5. The number of nitrogen functional groups attached to an aromatic ring is 1. The molecule has 0 saturated carbocycles. The number of alkyl halides is 3. The van der Waals surface area contributed by atoms with Gasteiger partial charge in [0.1, 0.15) is 11.6 Å². The second-order valence-corrected chi connectivity index (χ2v) is 2.83. The summed E-state index contributed by atoms with van der Waals surface area (Å²) in [4.78, 5) is 10.4. The van der Waals surface area contributed by atoms with E-state index in [0.29, 0.717) is 5.56 Å². The van der Waals surface area contributed by atoms with Crippen molar-refractivity contribution in [1.29, 1.82) is 5.41 Å². The number of carbonyl (C=O) groups is 1. The molecule has 1 aromatic rings. The fourth-order valence-corrected chi connectivity index (χ4v) is 0.867. The lowest BCUT2D eigenvalue weighted by atomic mass is 10.2. The normalized spacial score (nSPS) is 10.9. The van der Waals surface area contributed by atoms with Gasteiger partial charge in [0.05, 0.1) is 0 Å². The lowest BCUT2D eigenvalue weighted by Gasteiger charge is -2.07. The van der Waals surface area contributed by atoms with Gasteiger partial charge in [-0.1, -0.05) is 0 Å². The summed E-state index contributed by atoms with van der Waals surface area (Å²) in [5, 5.41) is 7.04. The number of benzene rings is 1. The van der Waals surface area contributed by atoms with E-state index in [2.05, 4.69) is 4.74 Å². The van der Waals surface area contributed by atoms with Crippen LogP contribution in [0, 0.1) is 5.41 Å². The minimum atomic E-state index is -5.03. The topological polar surface area (TPSA) is 76.2 Å². The molecule has 1 rings (SSSR count). The zero-order valence-corrected chi connectivity index (χ0v) is 7.84. The summed E-state index contributed by atoms with van der Waals surface area (Å²) in [6.45, 7) is 0. The third-order valence-electron chi connectivity index (χ3n) is 1.61. The summed E-state index contributed by atoms with van der Waals surface area (Å²) in [7, 11) is 0. The highest BCUT2D eigenvalue weighted by Gasteiger charge is 2.41. The molecule has 0 spiro atoms. The summed E-state index contributed by atoms with van der Waals surface area (Å²) in [5.41, 5.74) is 5.46. The van der Waals surface area contributed by atoms with E-state index >= 15 is 0 Å². The number of nitrogens with one attached hydrogen (secondary N) is 1. The van der Waals surface area contributed by atoms with Gasteiger partial charge in [-0.05, 0) is 24.3 Å². The van der Waals surface area contributed by atoms with E-state index in [0.717, 1.165) is 12.1 Å². The van der Waals surface area contributed by atoms with Gasteiger partial charge in [0.15, 0.2) is 0 Å². The third kappa shape index (κ3) is 2.97. The maximum Gasteiger partial charge on any atom is 0.491 e. The quantitative estimate of drug-likeness (QED) is 0.350. The molecular formula is C9H7F3N2O2. The van der Waals surface area contributed by atoms with Gasteiger partial charge >= 0.3 is 12.1 Å². The molecule has 4 nitrogen and oxygen atoms in total. The molecule has 0 amide bonds. The SMILES string of the molecule is N=C(N)c1ccc(OC(=O)C(F)(F)F)cc1. The van der Waals surface area contributed by atoms with Gasteiger partial charge in [0.25, 0.3) is 0 Å². The zero-order valence-electron chi connectivity index (χ0n) is 7.84. The van der Waals surface area contributed by atoms with Gasteiger partial charge in [0, 0.05) is 5.56 Å². The molecule has 0 fully saturated rings. The Bertz CT molecular complexity index is 412. The number of nitrogens with two attached hydrogens (primary N) is 1. The summed E-state index contributed by atoms with van der Waals surface area (Å²) in [5.74, 6) is -2.77. The number of esters is 1. The second-order valence-electron chi connectivity index (χ2n) is 2.83. The molecular weight excluding hydrogens is 225 g/mol. The van der Waals surface area contributed by atoms with Crippen LogP contribution in [0.1, 0.15) is 5.56 Å². The van der Waals surface area contributed by atoms with E-state index in [-0.39, 0.29) is 11.6 Å². The van der Waals surface area contributed by atoms with E-state index < -0.39 is 12.1 Å². The standard InChI is InChI=1S/C9H7F3N2O2/c10-9(11,12)8(15)16-6-3-1-5(2-4-6)7(13)14/h1-4H,(H3,13,14). The Balaban J connectivity index is 2.77. The number of amidine groups is 1. The number of hydrogen-bond acceptors (Lipinski definition) is 3. The van der Waals surface area contributed by atoms with Crippen LogP contribution < -0.4 is 10.5 Å². The molecule has 0 aliphatic rings. The predicted molar refractivity (Wildman–Crippen MR) is 49.1 cm³/mol. The van der Waals surface area contributed by atoms with E-state index in [1.807, 2.05) is 0 Å². The number of rotatable bonds is 2. The molecule has 0 aromatic heterocycles. The van der Waals surface area contributed by atoms with Crippen LogP contribution in [0.2, 0.25) is 0 Å². The smallest absolute Gasteiger partial charge is 0.420 e. The fraction of sp³-hybridized carbons (Fsp3) is 0.111. The first-order valence-corrected chi connectivity index (χ1v) is 4.04. The molecule has 1 aromatic carbocycles. The van der Waals surface area contributed by atoms with Crippen LogP contribution in [0.4, 0.5) is 13.2 Å². The van der Waals surface area contributed by atoms with E-state index in [9.17, 15) is 18.0 Å². The van der Waals surface area contributed by atoms with Crippen LogP contribution in [-0.2, 0) is 4.79 Å². The van der Waals surface area contributed by atoms with Crippen LogP contribution >= 0.6 is 0 Å². The van der Waals surface area contributed by atoms with Crippen molar-refractivity contribution in [3.8, 4) is 5.75 Å². The minimum Gasteiger partial charge on any atom is -0.420 e. The van der Waals surface area contributed by atoms with E-state index in [1.165, 1.54) is 12.1 Å². The highest BCUT2D eigenvalue weighted by atomic mass is 19.4. The average molecular weight is 232 g/mol. The molecule has 0 aliphatic heterocycles. The first kappa shape index (κ1) is 12.0. The van der Waals surface area contributed by atoms with Crippen molar-refractivity contribution >= 4 is 11.8 Å². The summed E-state index contributed by atoms with van der Waals surface area (Å²) in [6.07, 6.45) is -5.03. The Morgan fingerprint density at radius 2 is 1.75 bits per heavy atom. The highest BCUT2D eigenvalue weighted by molar-refractivity contribution is 5.95. The van der Waals surface area contributed by atoms with Crippen LogP contribution in [0.15, 0.2) is 24.3 Å². The third-order valence-corrected chi connectivity index (χ3v) is 1.61. The van der Waals surface area contributed by atoms with Gasteiger partial charge in [-0.2, -0.15) is 13.2 Å². The Morgan fingerprint density at radius 3 is 2.12 bits per heavy atom. The van der Waals surface area contributed by atoms with Crippen molar-refractivity contribution in [3.63, 3.8) is 0 Å². The molecule has 0 bridgehead atoms. The molecule has 3 N–H and O–H groups in total. The predicted octanol–water partition coefficient (Wildman–Crippen LogP) is 1.44. The van der Waals surface area contributed by atoms with Gasteiger partial charge in [-0.25, -0.2) is 4.79 Å². The minimum absolute atomic E-state index is 0.228. The number of hydrogen-bond donors (Lipinski definition) is 2. The molecule has 0 saturated heterocycles. The van der Waals surface area contributed by atoms with Crippen LogP contribution in [0.3, 0.4) is 0 Å². The molecule has 16 heavy (non-hydrogen) atoms. The molecule has 0 atom stereocenters. The lowest BCUT2D eigenvalue weighted by Crippen LogP contribution is -2.27. The molecule has 0 aliphatic carbocycles. The highest BCUT2D eigenvalue weighted by Crippen LogP contribution is 2.20. The van der Waals surface area contributed by atoms with Crippen molar-refractivity contribution in [2.45, 2.75) is 6.18 Å². The van der Waals surface area contributed by atoms with Gasteiger partial charge < -0.3 is 10.5 Å². The Kier molecular flexibility index (Phi) is 3.17. The second kappa shape index (κ2) is 4.21. The van der Waals surface area contributed by atoms with Gasteiger partial charge in [0.2, 0.25) is 0 Å². The van der Waals surface area contributed by atoms with Crippen LogP contribution in [0.5, 0.6) is 5.75 Å². The molecule has 0 heterocycles. The van der Waals surface area contributed by atoms with Crippen molar-refractivity contribution in [1.82, 2.24) is 0 Å². The largest absolute Gasteiger partial charge is 0.491 e. The number of carbonyl (C=O) groups excluding carboxylic acids is 1.